The Labute approximate surface area is 103 Å². The van der Waals surface area contributed by atoms with E-state index in [0.29, 0.717) is 19.3 Å². The van der Waals surface area contributed by atoms with E-state index in [2.05, 4.69) is 26.1 Å². The minimum atomic E-state index is -0.774. The Morgan fingerprint density at radius 2 is 1.76 bits per heavy atom. The summed E-state index contributed by atoms with van der Waals surface area (Å²) >= 11 is 0. The second-order valence-corrected chi connectivity index (χ2v) is 6.14. The van der Waals surface area contributed by atoms with Crippen LogP contribution >= 0.6 is 0 Å². The van der Waals surface area contributed by atoms with E-state index >= 15 is 0 Å². The molecule has 0 aromatic carbocycles. The molecule has 0 aromatic rings. The van der Waals surface area contributed by atoms with E-state index in [1.165, 1.54) is 0 Å². The molecule has 0 spiro atoms. The minimum Gasteiger partial charge on any atom is -0.481 e. The first-order chi connectivity index (χ1) is 7.71. The molecule has 4 nitrogen and oxygen atoms in total. The van der Waals surface area contributed by atoms with Crippen LogP contribution in [0.25, 0.3) is 0 Å². The molecule has 1 amide bonds. The van der Waals surface area contributed by atoms with Crippen LogP contribution in [0.15, 0.2) is 0 Å². The highest BCUT2D eigenvalue weighted by Gasteiger charge is 2.35. The number of carboxylic acids is 1. The van der Waals surface area contributed by atoms with Gasteiger partial charge in [0.05, 0.1) is 5.92 Å². The summed E-state index contributed by atoms with van der Waals surface area (Å²) in [5.74, 6) is -1.23. The van der Waals surface area contributed by atoms with Crippen molar-refractivity contribution in [3.63, 3.8) is 0 Å². The topological polar surface area (TPSA) is 66.4 Å². The van der Waals surface area contributed by atoms with E-state index in [9.17, 15) is 9.59 Å². The van der Waals surface area contributed by atoms with Crippen molar-refractivity contribution in [2.45, 2.75) is 53.0 Å². The molecule has 0 heterocycles. The van der Waals surface area contributed by atoms with Crippen LogP contribution in [0.2, 0.25) is 0 Å². The molecule has 0 aromatic heterocycles. The second-order valence-electron chi connectivity index (χ2n) is 6.14. The number of hydrogen-bond acceptors (Lipinski definition) is 2. The number of carbonyl (C=O) groups is 2. The van der Waals surface area contributed by atoms with Gasteiger partial charge in [-0.05, 0) is 31.6 Å². The van der Waals surface area contributed by atoms with Gasteiger partial charge in [0, 0.05) is 12.0 Å². The maximum atomic E-state index is 12.0. The molecule has 1 rings (SSSR count). The van der Waals surface area contributed by atoms with Crippen molar-refractivity contribution in [1.82, 2.24) is 5.32 Å². The summed E-state index contributed by atoms with van der Waals surface area (Å²) in [4.78, 5) is 22.8. The third-order valence-corrected chi connectivity index (χ3v) is 3.81. The van der Waals surface area contributed by atoms with Gasteiger partial charge >= 0.3 is 5.97 Å². The molecule has 3 atom stereocenters. The Balaban J connectivity index is 2.48. The van der Waals surface area contributed by atoms with Gasteiger partial charge in [-0.1, -0.05) is 20.8 Å². The molecule has 0 bridgehead atoms. The fraction of sp³-hybridized carbons (Fsp3) is 0.846. The number of rotatable bonds is 3. The summed E-state index contributed by atoms with van der Waals surface area (Å²) in [6, 6.07) is 0.0962. The van der Waals surface area contributed by atoms with Gasteiger partial charge in [0.2, 0.25) is 5.91 Å². The SMILES string of the molecule is CC(NC(=O)C1CCC(C(=O)O)C1)C(C)(C)C. The van der Waals surface area contributed by atoms with Crippen molar-refractivity contribution >= 4 is 11.9 Å². The number of aliphatic carboxylic acids is 1. The van der Waals surface area contributed by atoms with E-state index in [0.717, 1.165) is 0 Å². The van der Waals surface area contributed by atoms with Crippen molar-refractivity contribution in [2.75, 3.05) is 0 Å². The summed E-state index contributed by atoms with van der Waals surface area (Å²) in [7, 11) is 0. The molecule has 4 heteroatoms. The van der Waals surface area contributed by atoms with Crippen LogP contribution in [-0.4, -0.2) is 23.0 Å². The second kappa shape index (κ2) is 5.07. The van der Waals surface area contributed by atoms with Crippen molar-refractivity contribution in [3.8, 4) is 0 Å². The average Bonchev–Trinajstić information content (AvgIpc) is 2.64. The lowest BCUT2D eigenvalue weighted by atomic mass is 9.87. The minimum absolute atomic E-state index is 0.0103. The maximum absolute atomic E-state index is 12.0. The number of carboxylic acid groups (broad SMARTS) is 1. The molecular formula is C13H23NO3. The Hall–Kier alpha value is -1.06. The summed E-state index contributed by atoms with van der Waals surface area (Å²) < 4.78 is 0. The lowest BCUT2D eigenvalue weighted by molar-refractivity contribution is -0.141. The Kier molecular flexibility index (Phi) is 4.17. The Bertz CT molecular complexity index is 306. The third-order valence-electron chi connectivity index (χ3n) is 3.81. The molecule has 0 saturated heterocycles. The predicted molar refractivity (Wildman–Crippen MR) is 65.5 cm³/mol. The number of hydrogen-bond donors (Lipinski definition) is 2. The number of amides is 1. The van der Waals surface area contributed by atoms with Gasteiger partial charge in [0.25, 0.3) is 0 Å². The Morgan fingerprint density at radius 1 is 1.24 bits per heavy atom. The summed E-state index contributed by atoms with van der Waals surface area (Å²) in [5.41, 5.74) is 0.0282. The van der Waals surface area contributed by atoms with Crippen molar-refractivity contribution in [1.29, 1.82) is 0 Å². The normalized spacial score (nSPS) is 26.6. The third kappa shape index (κ3) is 3.72. The van der Waals surface area contributed by atoms with Gasteiger partial charge in [0.1, 0.15) is 0 Å². The molecular weight excluding hydrogens is 218 g/mol. The highest BCUT2D eigenvalue weighted by molar-refractivity contribution is 5.81. The summed E-state index contributed by atoms with van der Waals surface area (Å²) in [6.45, 7) is 8.22. The lowest BCUT2D eigenvalue weighted by Crippen LogP contribution is -2.43. The zero-order chi connectivity index (χ0) is 13.2. The van der Waals surface area contributed by atoms with E-state index in [1.807, 2.05) is 6.92 Å². The highest BCUT2D eigenvalue weighted by atomic mass is 16.4. The summed E-state index contributed by atoms with van der Waals surface area (Å²) in [6.07, 6.45) is 1.80. The van der Waals surface area contributed by atoms with Crippen LogP contribution in [0.5, 0.6) is 0 Å². The fourth-order valence-electron chi connectivity index (χ4n) is 1.99. The van der Waals surface area contributed by atoms with Crippen LogP contribution < -0.4 is 5.32 Å². The Morgan fingerprint density at radius 3 is 2.18 bits per heavy atom. The zero-order valence-corrected chi connectivity index (χ0v) is 11.1. The van der Waals surface area contributed by atoms with Crippen LogP contribution in [0.4, 0.5) is 0 Å². The monoisotopic (exact) mass is 241 g/mol. The zero-order valence-electron chi connectivity index (χ0n) is 11.1. The van der Waals surface area contributed by atoms with E-state index < -0.39 is 5.97 Å². The lowest BCUT2D eigenvalue weighted by Gasteiger charge is -2.29. The molecule has 98 valence electrons. The molecule has 17 heavy (non-hydrogen) atoms. The van der Waals surface area contributed by atoms with Gasteiger partial charge in [-0.2, -0.15) is 0 Å². The predicted octanol–water partition coefficient (Wildman–Crippen LogP) is 2.04. The van der Waals surface area contributed by atoms with Crippen LogP contribution in [-0.2, 0) is 9.59 Å². The van der Waals surface area contributed by atoms with E-state index in [4.69, 9.17) is 5.11 Å². The van der Waals surface area contributed by atoms with Gasteiger partial charge < -0.3 is 10.4 Å². The van der Waals surface area contributed by atoms with Crippen LogP contribution in [0, 0.1) is 17.3 Å². The molecule has 1 fully saturated rings. The standard InChI is InChI=1S/C13H23NO3/c1-8(13(2,3)4)14-11(15)9-5-6-10(7-9)12(16)17/h8-10H,5-7H2,1-4H3,(H,14,15)(H,16,17). The summed E-state index contributed by atoms with van der Waals surface area (Å²) in [5, 5.41) is 11.9. The molecule has 2 N–H and O–H groups in total. The molecule has 3 unspecified atom stereocenters. The maximum Gasteiger partial charge on any atom is 0.306 e. The fourth-order valence-corrected chi connectivity index (χ4v) is 1.99. The molecule has 1 aliphatic carbocycles. The van der Waals surface area contributed by atoms with Crippen molar-refractivity contribution in [2.24, 2.45) is 17.3 Å². The molecule has 0 aliphatic heterocycles. The first-order valence-corrected chi connectivity index (χ1v) is 6.25. The van der Waals surface area contributed by atoms with E-state index in [1.54, 1.807) is 0 Å². The van der Waals surface area contributed by atoms with Crippen LogP contribution in [0.1, 0.15) is 47.0 Å². The van der Waals surface area contributed by atoms with E-state index in [-0.39, 0.29) is 29.2 Å². The highest BCUT2D eigenvalue weighted by Crippen LogP contribution is 2.31. The van der Waals surface area contributed by atoms with Gasteiger partial charge in [-0.3, -0.25) is 9.59 Å². The largest absolute Gasteiger partial charge is 0.481 e. The molecule has 0 radical (unpaired) electrons. The number of nitrogens with one attached hydrogen (secondary N) is 1. The first-order valence-electron chi connectivity index (χ1n) is 6.25. The van der Waals surface area contributed by atoms with Gasteiger partial charge in [-0.15, -0.1) is 0 Å². The van der Waals surface area contributed by atoms with Crippen LogP contribution in [0.3, 0.4) is 0 Å². The van der Waals surface area contributed by atoms with Gasteiger partial charge in [-0.25, -0.2) is 0 Å². The van der Waals surface area contributed by atoms with Crippen molar-refractivity contribution < 1.29 is 14.7 Å². The average molecular weight is 241 g/mol. The smallest absolute Gasteiger partial charge is 0.306 e. The quantitative estimate of drug-likeness (QED) is 0.794. The van der Waals surface area contributed by atoms with Crippen molar-refractivity contribution in [3.05, 3.63) is 0 Å². The molecule has 1 saturated carbocycles. The van der Waals surface area contributed by atoms with Gasteiger partial charge in [0.15, 0.2) is 0 Å². The molecule has 1 aliphatic rings. The number of carbonyl (C=O) groups excluding carboxylic acids is 1. The first kappa shape index (κ1) is 14.0.